The Bertz CT molecular complexity index is 658. The van der Waals surface area contributed by atoms with Gasteiger partial charge < -0.3 is 10.6 Å². The second-order valence-electron chi connectivity index (χ2n) is 4.54. The maximum atomic E-state index is 6.33. The number of rotatable bonds is 1. The summed E-state index contributed by atoms with van der Waals surface area (Å²) >= 11 is 15.9. The molecule has 2 aromatic carbocycles. The molecule has 0 saturated carbocycles. The Balaban J connectivity index is 2.00. The quantitative estimate of drug-likeness (QED) is 0.583. The van der Waals surface area contributed by atoms with Crippen molar-refractivity contribution >= 4 is 50.5 Å². The predicted octanol–water partition coefficient (Wildman–Crippen LogP) is 4.86. The molecule has 0 saturated heterocycles. The Morgan fingerprint density at radius 2 is 1.84 bits per heavy atom. The Hall–Kier alpha value is -0.900. The van der Waals surface area contributed by atoms with Crippen molar-refractivity contribution in [1.82, 2.24) is 0 Å². The number of halogens is 3. The van der Waals surface area contributed by atoms with Crippen LogP contribution in [0.2, 0.25) is 10.0 Å². The standard InChI is InChI=1S/C14H11BrCl2N2/c15-10-4-5-12(14(17)13(10)16)19-6-8-2-1-3-11(18)9(8)7-19/h1-5H,6-7,18H2. The molecule has 3 rings (SSSR count). The van der Waals surface area contributed by atoms with Crippen LogP contribution in [0, 0.1) is 0 Å². The van der Waals surface area contributed by atoms with Gasteiger partial charge in [-0.1, -0.05) is 35.3 Å². The van der Waals surface area contributed by atoms with Crippen molar-refractivity contribution in [3.8, 4) is 0 Å². The van der Waals surface area contributed by atoms with E-state index in [1.54, 1.807) is 0 Å². The van der Waals surface area contributed by atoms with Crippen LogP contribution in [0.5, 0.6) is 0 Å². The minimum atomic E-state index is 0.545. The summed E-state index contributed by atoms with van der Waals surface area (Å²) in [6.07, 6.45) is 0. The van der Waals surface area contributed by atoms with Gasteiger partial charge in [0.15, 0.2) is 0 Å². The smallest absolute Gasteiger partial charge is 0.0837 e. The Morgan fingerprint density at radius 1 is 1.05 bits per heavy atom. The van der Waals surface area contributed by atoms with Crippen LogP contribution < -0.4 is 10.6 Å². The molecule has 0 spiro atoms. The average molecular weight is 358 g/mol. The first kappa shape index (κ1) is 13.1. The molecule has 2 N–H and O–H groups in total. The van der Waals surface area contributed by atoms with E-state index < -0.39 is 0 Å². The van der Waals surface area contributed by atoms with Gasteiger partial charge in [-0.25, -0.2) is 0 Å². The monoisotopic (exact) mass is 356 g/mol. The highest BCUT2D eigenvalue weighted by molar-refractivity contribution is 9.10. The molecule has 5 heteroatoms. The van der Waals surface area contributed by atoms with Gasteiger partial charge in [-0.05, 0) is 45.3 Å². The van der Waals surface area contributed by atoms with Gasteiger partial charge in [-0.15, -0.1) is 0 Å². The van der Waals surface area contributed by atoms with E-state index in [9.17, 15) is 0 Å². The van der Waals surface area contributed by atoms with Gasteiger partial charge in [0.25, 0.3) is 0 Å². The molecule has 2 nitrogen and oxygen atoms in total. The molecule has 19 heavy (non-hydrogen) atoms. The molecule has 1 heterocycles. The zero-order valence-corrected chi connectivity index (χ0v) is 13.1. The van der Waals surface area contributed by atoms with Crippen molar-refractivity contribution in [1.29, 1.82) is 0 Å². The normalized spacial score (nSPS) is 13.7. The first-order valence-corrected chi connectivity index (χ1v) is 7.37. The third-order valence-corrected chi connectivity index (χ3v) is 5.14. The Morgan fingerprint density at radius 3 is 2.58 bits per heavy atom. The lowest BCUT2D eigenvalue weighted by Crippen LogP contribution is -2.15. The molecule has 0 fully saturated rings. The second-order valence-corrected chi connectivity index (χ2v) is 6.15. The highest BCUT2D eigenvalue weighted by Gasteiger charge is 2.23. The van der Waals surface area contributed by atoms with Gasteiger partial charge in [0.2, 0.25) is 0 Å². The number of benzene rings is 2. The van der Waals surface area contributed by atoms with E-state index in [1.165, 1.54) is 11.1 Å². The molecule has 0 aromatic heterocycles. The van der Waals surface area contributed by atoms with Crippen molar-refractivity contribution in [3.63, 3.8) is 0 Å². The van der Waals surface area contributed by atoms with Gasteiger partial charge in [0.1, 0.15) is 0 Å². The topological polar surface area (TPSA) is 29.3 Å². The number of nitrogens with two attached hydrogens (primary N) is 1. The number of anilines is 2. The summed E-state index contributed by atoms with van der Waals surface area (Å²) in [6, 6.07) is 9.89. The van der Waals surface area contributed by atoms with Crippen molar-refractivity contribution in [2.45, 2.75) is 13.1 Å². The van der Waals surface area contributed by atoms with E-state index in [-0.39, 0.29) is 0 Å². The summed E-state index contributed by atoms with van der Waals surface area (Å²) in [5.41, 5.74) is 10.2. The molecule has 98 valence electrons. The maximum absolute atomic E-state index is 6.33. The van der Waals surface area contributed by atoms with Crippen LogP contribution in [-0.2, 0) is 13.1 Å². The molecule has 1 aliphatic heterocycles. The van der Waals surface area contributed by atoms with E-state index >= 15 is 0 Å². The molecule has 0 radical (unpaired) electrons. The molecule has 0 unspecified atom stereocenters. The summed E-state index contributed by atoms with van der Waals surface area (Å²) in [4.78, 5) is 2.18. The van der Waals surface area contributed by atoms with Gasteiger partial charge in [0.05, 0.1) is 15.7 Å². The van der Waals surface area contributed by atoms with E-state index in [2.05, 4.69) is 26.9 Å². The SMILES string of the molecule is Nc1cccc2c1CN(c1ccc(Br)c(Cl)c1Cl)C2. The highest BCUT2D eigenvalue weighted by atomic mass is 79.9. The number of hydrogen-bond donors (Lipinski definition) is 1. The zero-order valence-electron chi connectivity index (χ0n) is 9.96. The number of hydrogen-bond acceptors (Lipinski definition) is 2. The molecular formula is C14H11BrCl2N2. The maximum Gasteiger partial charge on any atom is 0.0837 e. The molecular weight excluding hydrogens is 347 g/mol. The molecule has 0 aliphatic carbocycles. The fourth-order valence-electron chi connectivity index (χ4n) is 2.38. The first-order valence-electron chi connectivity index (χ1n) is 5.82. The third kappa shape index (κ3) is 2.20. The van der Waals surface area contributed by atoms with Crippen LogP contribution >= 0.6 is 39.1 Å². The summed E-state index contributed by atoms with van der Waals surface area (Å²) in [6.45, 7) is 1.57. The number of nitrogen functional groups attached to an aromatic ring is 1. The fraction of sp³-hybridized carbons (Fsp3) is 0.143. The van der Waals surface area contributed by atoms with Crippen molar-refractivity contribution in [2.24, 2.45) is 0 Å². The largest absolute Gasteiger partial charge is 0.398 e. The lowest BCUT2D eigenvalue weighted by Gasteiger charge is -2.20. The van der Waals surface area contributed by atoms with Crippen LogP contribution in [0.1, 0.15) is 11.1 Å². The number of nitrogens with zero attached hydrogens (tertiary/aromatic N) is 1. The van der Waals surface area contributed by atoms with Gasteiger partial charge >= 0.3 is 0 Å². The van der Waals surface area contributed by atoms with Crippen molar-refractivity contribution in [3.05, 3.63) is 56.0 Å². The molecule has 0 bridgehead atoms. The molecule has 0 atom stereocenters. The third-order valence-electron chi connectivity index (χ3n) is 3.37. The van der Waals surface area contributed by atoms with Crippen LogP contribution in [0.3, 0.4) is 0 Å². The van der Waals surface area contributed by atoms with Crippen molar-refractivity contribution < 1.29 is 0 Å². The predicted molar refractivity (Wildman–Crippen MR) is 84.9 cm³/mol. The zero-order chi connectivity index (χ0) is 13.6. The van der Waals surface area contributed by atoms with Gasteiger partial charge in [-0.2, -0.15) is 0 Å². The van der Waals surface area contributed by atoms with Crippen LogP contribution in [0.4, 0.5) is 11.4 Å². The van der Waals surface area contributed by atoms with E-state index in [0.29, 0.717) is 10.0 Å². The second kappa shape index (κ2) is 4.89. The van der Waals surface area contributed by atoms with Gasteiger partial charge in [0, 0.05) is 23.2 Å². The lowest BCUT2D eigenvalue weighted by atomic mass is 10.1. The van der Waals surface area contributed by atoms with Crippen molar-refractivity contribution in [2.75, 3.05) is 10.6 Å². The first-order chi connectivity index (χ1) is 9.08. The fourth-order valence-corrected chi connectivity index (χ4v) is 3.27. The molecule has 2 aromatic rings. The Kier molecular flexibility index (Phi) is 3.37. The lowest BCUT2D eigenvalue weighted by molar-refractivity contribution is 0.881. The van der Waals surface area contributed by atoms with Crippen LogP contribution in [0.15, 0.2) is 34.8 Å². The average Bonchev–Trinajstić information content (AvgIpc) is 2.81. The molecule has 1 aliphatic rings. The van der Waals surface area contributed by atoms with Crippen LogP contribution in [0.25, 0.3) is 0 Å². The number of fused-ring (bicyclic) bond motifs is 1. The highest BCUT2D eigenvalue weighted by Crippen LogP contribution is 2.41. The van der Waals surface area contributed by atoms with E-state index in [4.69, 9.17) is 28.9 Å². The summed E-state index contributed by atoms with van der Waals surface area (Å²) in [5, 5.41) is 1.12. The summed E-state index contributed by atoms with van der Waals surface area (Å²) < 4.78 is 0.805. The van der Waals surface area contributed by atoms with E-state index in [0.717, 1.165) is 28.9 Å². The minimum absolute atomic E-state index is 0.545. The summed E-state index contributed by atoms with van der Waals surface area (Å²) in [7, 11) is 0. The summed E-state index contributed by atoms with van der Waals surface area (Å²) in [5.74, 6) is 0. The van der Waals surface area contributed by atoms with Gasteiger partial charge in [-0.3, -0.25) is 0 Å². The molecule has 0 amide bonds. The van der Waals surface area contributed by atoms with Crippen LogP contribution in [-0.4, -0.2) is 0 Å². The Labute approximate surface area is 130 Å². The minimum Gasteiger partial charge on any atom is -0.398 e. The van der Waals surface area contributed by atoms with E-state index in [1.807, 2.05) is 24.3 Å².